The van der Waals surface area contributed by atoms with Gasteiger partial charge in [-0.25, -0.2) is 0 Å². The Balaban J connectivity index is 1.52. The van der Waals surface area contributed by atoms with Gasteiger partial charge in [-0.15, -0.1) is 0 Å². The monoisotopic (exact) mass is 363 g/mol. The molecule has 0 spiro atoms. The number of pyridine rings is 1. The highest BCUT2D eigenvalue weighted by atomic mass is 16.2. The standard InChI is InChI=1S/C23H29N3O/c1-23-13-7-14-25(2)21(23)10-6-15-26(23)22(27)19-11-12-20(24-17-19)16-18-8-4-3-5-9-18/h3-5,8-9,11-12,17,21H,6-7,10,13-16H2,1-2H3/t21-,23-/m0/s1. The summed E-state index contributed by atoms with van der Waals surface area (Å²) >= 11 is 0. The van der Waals surface area contributed by atoms with E-state index in [2.05, 4.69) is 40.9 Å². The summed E-state index contributed by atoms with van der Waals surface area (Å²) in [6.07, 6.45) is 7.07. The number of carbonyl (C=O) groups excluding carboxylic acids is 1. The van der Waals surface area contributed by atoms with Crippen LogP contribution in [0.2, 0.25) is 0 Å². The Bertz CT molecular complexity index is 789. The molecule has 4 nitrogen and oxygen atoms in total. The number of hydrogen-bond acceptors (Lipinski definition) is 3. The lowest BCUT2D eigenvalue weighted by Crippen LogP contribution is -2.66. The molecule has 0 radical (unpaired) electrons. The van der Waals surface area contributed by atoms with Crippen LogP contribution in [-0.2, 0) is 6.42 Å². The van der Waals surface area contributed by atoms with Crippen LogP contribution in [0.4, 0.5) is 0 Å². The number of rotatable bonds is 3. The largest absolute Gasteiger partial charge is 0.332 e. The molecule has 3 heterocycles. The van der Waals surface area contributed by atoms with Crippen LogP contribution >= 0.6 is 0 Å². The second-order valence-electron chi connectivity index (χ2n) is 8.26. The number of piperidine rings is 2. The van der Waals surface area contributed by atoms with Gasteiger partial charge in [0.15, 0.2) is 0 Å². The number of carbonyl (C=O) groups is 1. The van der Waals surface area contributed by atoms with Gasteiger partial charge in [-0.2, -0.15) is 0 Å². The quantitative estimate of drug-likeness (QED) is 0.833. The van der Waals surface area contributed by atoms with E-state index in [1.165, 1.54) is 12.0 Å². The van der Waals surface area contributed by atoms with Crippen molar-refractivity contribution in [2.75, 3.05) is 20.1 Å². The van der Waals surface area contributed by atoms with Gasteiger partial charge < -0.3 is 9.80 Å². The van der Waals surface area contributed by atoms with Crippen molar-refractivity contribution in [1.29, 1.82) is 0 Å². The molecule has 1 amide bonds. The van der Waals surface area contributed by atoms with E-state index in [4.69, 9.17) is 0 Å². The fourth-order valence-corrected chi connectivity index (χ4v) is 4.98. The predicted octanol–water partition coefficient (Wildman–Crippen LogP) is 3.76. The molecule has 142 valence electrons. The van der Waals surface area contributed by atoms with Crippen LogP contribution in [0.25, 0.3) is 0 Å². The SMILES string of the molecule is CN1CCC[C@@]2(C)[C@@H]1CCCN2C(=O)c1ccc(Cc2ccccc2)nc1. The minimum absolute atomic E-state index is 0.0644. The summed E-state index contributed by atoms with van der Waals surface area (Å²) in [5.74, 6) is 0.135. The van der Waals surface area contributed by atoms with E-state index in [1.54, 1.807) is 6.20 Å². The van der Waals surface area contributed by atoms with Gasteiger partial charge in [0.1, 0.15) is 0 Å². The summed E-state index contributed by atoms with van der Waals surface area (Å²) in [6, 6.07) is 14.7. The molecule has 0 aliphatic carbocycles. The van der Waals surface area contributed by atoms with Crippen LogP contribution in [-0.4, -0.2) is 52.4 Å². The van der Waals surface area contributed by atoms with Crippen molar-refractivity contribution in [3.8, 4) is 0 Å². The summed E-state index contributed by atoms with van der Waals surface area (Å²) in [5, 5.41) is 0. The lowest BCUT2D eigenvalue weighted by Gasteiger charge is -2.55. The highest BCUT2D eigenvalue weighted by molar-refractivity contribution is 5.94. The molecule has 0 saturated carbocycles. The maximum absolute atomic E-state index is 13.3. The normalized spacial score (nSPS) is 25.9. The summed E-state index contributed by atoms with van der Waals surface area (Å²) < 4.78 is 0. The molecule has 1 aromatic heterocycles. The Labute approximate surface area is 162 Å². The maximum atomic E-state index is 13.3. The third-order valence-electron chi connectivity index (χ3n) is 6.46. The van der Waals surface area contributed by atoms with Crippen molar-refractivity contribution in [1.82, 2.24) is 14.8 Å². The molecule has 2 aliphatic rings. The number of hydrogen-bond donors (Lipinski definition) is 0. The van der Waals surface area contributed by atoms with Gasteiger partial charge in [-0.1, -0.05) is 30.3 Å². The third kappa shape index (κ3) is 3.51. The number of fused-ring (bicyclic) bond motifs is 1. The van der Waals surface area contributed by atoms with Crippen LogP contribution in [0, 0.1) is 0 Å². The van der Waals surface area contributed by atoms with Crippen molar-refractivity contribution < 1.29 is 4.79 Å². The number of likely N-dealkylation sites (tertiary alicyclic amines) is 2. The third-order valence-corrected chi connectivity index (χ3v) is 6.46. The van der Waals surface area contributed by atoms with Gasteiger partial charge in [-0.3, -0.25) is 9.78 Å². The van der Waals surface area contributed by atoms with E-state index in [0.29, 0.717) is 11.6 Å². The molecule has 2 saturated heterocycles. The Hall–Kier alpha value is -2.20. The molecule has 4 heteroatoms. The first kappa shape index (κ1) is 18.2. The maximum Gasteiger partial charge on any atom is 0.255 e. The second kappa shape index (κ2) is 7.43. The Morgan fingerprint density at radius 2 is 1.96 bits per heavy atom. The number of aromatic nitrogens is 1. The average Bonchev–Trinajstić information content (AvgIpc) is 2.68. The van der Waals surface area contributed by atoms with Gasteiger partial charge in [0.25, 0.3) is 5.91 Å². The van der Waals surface area contributed by atoms with Gasteiger partial charge >= 0.3 is 0 Å². The van der Waals surface area contributed by atoms with Crippen molar-refractivity contribution in [2.45, 2.75) is 50.6 Å². The molecule has 2 atom stereocenters. The van der Waals surface area contributed by atoms with E-state index >= 15 is 0 Å². The molecule has 1 aromatic carbocycles. The summed E-state index contributed by atoms with van der Waals surface area (Å²) in [4.78, 5) is 22.5. The molecule has 27 heavy (non-hydrogen) atoms. The molecular weight excluding hydrogens is 334 g/mol. The topological polar surface area (TPSA) is 36.4 Å². The van der Waals surface area contributed by atoms with Gasteiger partial charge in [0.2, 0.25) is 0 Å². The highest BCUT2D eigenvalue weighted by Crippen LogP contribution is 2.39. The predicted molar refractivity (Wildman–Crippen MR) is 108 cm³/mol. The summed E-state index contributed by atoms with van der Waals surface area (Å²) in [7, 11) is 2.20. The lowest BCUT2D eigenvalue weighted by atomic mass is 9.76. The Morgan fingerprint density at radius 1 is 1.15 bits per heavy atom. The first-order valence-corrected chi connectivity index (χ1v) is 10.1. The van der Waals surface area contributed by atoms with Crippen molar-refractivity contribution in [2.24, 2.45) is 0 Å². The van der Waals surface area contributed by atoms with Crippen LogP contribution in [0.5, 0.6) is 0 Å². The molecule has 0 N–H and O–H groups in total. The summed E-state index contributed by atoms with van der Waals surface area (Å²) in [5.41, 5.74) is 2.88. The Morgan fingerprint density at radius 3 is 2.70 bits per heavy atom. The zero-order chi connectivity index (χ0) is 18.9. The van der Waals surface area contributed by atoms with E-state index in [1.807, 2.05) is 30.3 Å². The number of benzene rings is 1. The molecule has 0 bridgehead atoms. The van der Waals surface area contributed by atoms with E-state index in [0.717, 1.165) is 44.5 Å². The van der Waals surface area contributed by atoms with Crippen molar-refractivity contribution in [3.05, 3.63) is 65.5 Å². The minimum Gasteiger partial charge on any atom is -0.332 e. The van der Waals surface area contributed by atoms with Crippen LogP contribution in [0.3, 0.4) is 0 Å². The smallest absolute Gasteiger partial charge is 0.255 e. The molecule has 0 unspecified atom stereocenters. The fourth-order valence-electron chi connectivity index (χ4n) is 4.98. The molecular formula is C23H29N3O. The number of likely N-dealkylation sites (N-methyl/N-ethyl adjacent to an activating group) is 1. The lowest BCUT2D eigenvalue weighted by molar-refractivity contribution is -0.0346. The fraction of sp³-hybridized carbons (Fsp3) is 0.478. The molecule has 2 aromatic rings. The van der Waals surface area contributed by atoms with Crippen LogP contribution in [0.1, 0.15) is 54.2 Å². The van der Waals surface area contributed by atoms with Crippen molar-refractivity contribution in [3.63, 3.8) is 0 Å². The Kier molecular flexibility index (Phi) is 5.00. The zero-order valence-electron chi connectivity index (χ0n) is 16.4. The van der Waals surface area contributed by atoms with Crippen LogP contribution < -0.4 is 0 Å². The second-order valence-corrected chi connectivity index (χ2v) is 8.26. The first-order valence-electron chi connectivity index (χ1n) is 10.1. The highest BCUT2D eigenvalue weighted by Gasteiger charge is 2.48. The van der Waals surface area contributed by atoms with Gasteiger partial charge in [0, 0.05) is 30.9 Å². The molecule has 2 fully saturated rings. The number of amides is 1. The van der Waals surface area contributed by atoms with E-state index in [-0.39, 0.29) is 11.4 Å². The van der Waals surface area contributed by atoms with Crippen LogP contribution in [0.15, 0.2) is 48.7 Å². The minimum atomic E-state index is -0.0644. The van der Waals surface area contributed by atoms with Crippen molar-refractivity contribution >= 4 is 5.91 Å². The van der Waals surface area contributed by atoms with E-state index in [9.17, 15) is 4.79 Å². The number of nitrogens with zero attached hydrogens (tertiary/aromatic N) is 3. The zero-order valence-corrected chi connectivity index (χ0v) is 16.4. The van der Waals surface area contributed by atoms with Gasteiger partial charge in [-0.05, 0) is 63.9 Å². The molecule has 2 aliphatic heterocycles. The van der Waals surface area contributed by atoms with E-state index < -0.39 is 0 Å². The summed E-state index contributed by atoms with van der Waals surface area (Å²) in [6.45, 7) is 4.27. The molecule has 4 rings (SSSR count). The first-order chi connectivity index (χ1) is 13.1. The average molecular weight is 364 g/mol. The van der Waals surface area contributed by atoms with Gasteiger partial charge in [0.05, 0.1) is 11.1 Å².